The van der Waals surface area contributed by atoms with E-state index in [1.807, 2.05) is 19.9 Å². The van der Waals surface area contributed by atoms with Crippen LogP contribution in [0, 0.1) is 13.8 Å². The SMILES string of the molecule is COCCCNc1nc(C)cc(C(=O)Nc2cc(Cl)ccc2C)n1. The molecule has 0 aliphatic rings. The highest BCUT2D eigenvalue weighted by atomic mass is 35.5. The molecule has 1 amide bonds. The molecule has 0 radical (unpaired) electrons. The van der Waals surface area contributed by atoms with Crippen LogP contribution in [0.3, 0.4) is 0 Å². The van der Waals surface area contributed by atoms with E-state index in [0.29, 0.717) is 41.2 Å². The van der Waals surface area contributed by atoms with E-state index in [-0.39, 0.29) is 5.91 Å². The number of carbonyl (C=O) groups is 1. The Bertz CT molecular complexity index is 722. The van der Waals surface area contributed by atoms with Gasteiger partial charge in [-0.05, 0) is 44.0 Å². The number of methoxy groups -OCH3 is 1. The maximum absolute atomic E-state index is 12.5. The summed E-state index contributed by atoms with van der Waals surface area (Å²) in [4.78, 5) is 21.0. The number of anilines is 2. The topological polar surface area (TPSA) is 76.1 Å². The van der Waals surface area contributed by atoms with E-state index in [9.17, 15) is 4.79 Å². The molecule has 1 aromatic heterocycles. The van der Waals surface area contributed by atoms with E-state index in [1.54, 1.807) is 25.3 Å². The van der Waals surface area contributed by atoms with Crippen molar-refractivity contribution in [3.05, 3.63) is 46.2 Å². The summed E-state index contributed by atoms with van der Waals surface area (Å²) in [5.74, 6) is 0.130. The standard InChI is InChI=1S/C17H21ClN4O2/c1-11-5-6-13(18)10-14(11)21-16(23)15-9-12(2)20-17(22-15)19-7-4-8-24-3/h5-6,9-10H,4,7-8H2,1-3H3,(H,21,23)(H,19,20,22). The van der Waals surface area contributed by atoms with Crippen LogP contribution in [0.1, 0.15) is 28.2 Å². The van der Waals surface area contributed by atoms with Crippen molar-refractivity contribution < 1.29 is 9.53 Å². The van der Waals surface area contributed by atoms with Crippen molar-refractivity contribution in [2.75, 3.05) is 30.9 Å². The van der Waals surface area contributed by atoms with Crippen LogP contribution in [0.2, 0.25) is 5.02 Å². The molecule has 24 heavy (non-hydrogen) atoms. The molecule has 0 atom stereocenters. The zero-order valence-corrected chi connectivity index (χ0v) is 14.8. The Morgan fingerprint density at radius 3 is 2.79 bits per heavy atom. The summed E-state index contributed by atoms with van der Waals surface area (Å²) in [7, 11) is 1.66. The molecule has 2 aromatic rings. The number of hydrogen-bond acceptors (Lipinski definition) is 5. The first-order chi connectivity index (χ1) is 11.5. The number of aryl methyl sites for hydroxylation is 2. The van der Waals surface area contributed by atoms with Gasteiger partial charge in [-0.2, -0.15) is 0 Å². The van der Waals surface area contributed by atoms with Crippen LogP contribution in [0.5, 0.6) is 0 Å². The zero-order chi connectivity index (χ0) is 17.5. The van der Waals surface area contributed by atoms with Crippen LogP contribution in [0.15, 0.2) is 24.3 Å². The van der Waals surface area contributed by atoms with Gasteiger partial charge in [-0.15, -0.1) is 0 Å². The summed E-state index contributed by atoms with van der Waals surface area (Å²) in [6.07, 6.45) is 0.830. The minimum atomic E-state index is -0.300. The van der Waals surface area contributed by atoms with Crippen molar-refractivity contribution in [1.82, 2.24) is 9.97 Å². The molecule has 1 heterocycles. The molecule has 0 aliphatic heterocycles. The summed E-state index contributed by atoms with van der Waals surface area (Å²) in [5, 5.41) is 6.50. The lowest BCUT2D eigenvalue weighted by Crippen LogP contribution is -2.17. The number of nitrogens with zero attached hydrogens (tertiary/aromatic N) is 2. The molecule has 2 rings (SSSR count). The van der Waals surface area contributed by atoms with Gasteiger partial charge in [-0.1, -0.05) is 17.7 Å². The molecule has 6 nitrogen and oxygen atoms in total. The van der Waals surface area contributed by atoms with Gasteiger partial charge in [0.25, 0.3) is 5.91 Å². The Kier molecular flexibility index (Phi) is 6.52. The van der Waals surface area contributed by atoms with Gasteiger partial charge in [-0.25, -0.2) is 9.97 Å². The molecule has 7 heteroatoms. The molecule has 0 saturated heterocycles. The Balaban J connectivity index is 2.11. The van der Waals surface area contributed by atoms with Crippen LogP contribution in [0.25, 0.3) is 0 Å². The molecule has 0 fully saturated rings. The molecule has 0 saturated carbocycles. The fraction of sp³-hybridized carbons (Fsp3) is 0.353. The monoisotopic (exact) mass is 348 g/mol. The number of amides is 1. The smallest absolute Gasteiger partial charge is 0.274 e. The fourth-order valence-electron chi connectivity index (χ4n) is 2.10. The lowest BCUT2D eigenvalue weighted by atomic mass is 10.2. The molecule has 1 aromatic carbocycles. The number of aromatic nitrogens is 2. The molecule has 0 bridgehead atoms. The van der Waals surface area contributed by atoms with Crippen LogP contribution in [0.4, 0.5) is 11.6 Å². The number of nitrogens with one attached hydrogen (secondary N) is 2. The van der Waals surface area contributed by atoms with Gasteiger partial charge in [-0.3, -0.25) is 4.79 Å². The Morgan fingerprint density at radius 1 is 1.25 bits per heavy atom. The Hall–Kier alpha value is -2.18. The summed E-state index contributed by atoms with van der Waals surface area (Å²) in [6, 6.07) is 7.00. The van der Waals surface area contributed by atoms with Crippen LogP contribution < -0.4 is 10.6 Å². The second-order valence-electron chi connectivity index (χ2n) is 5.40. The summed E-state index contributed by atoms with van der Waals surface area (Å²) in [5.41, 5.74) is 2.61. The molecular formula is C17H21ClN4O2. The largest absolute Gasteiger partial charge is 0.385 e. The Morgan fingerprint density at radius 2 is 2.04 bits per heavy atom. The second kappa shape index (κ2) is 8.61. The van der Waals surface area contributed by atoms with E-state index in [4.69, 9.17) is 16.3 Å². The number of hydrogen-bond donors (Lipinski definition) is 2. The number of ether oxygens (including phenoxy) is 1. The number of carbonyl (C=O) groups excluding carboxylic acids is 1. The number of rotatable bonds is 7. The third kappa shape index (κ3) is 5.18. The van der Waals surface area contributed by atoms with Crippen molar-refractivity contribution >= 4 is 29.1 Å². The van der Waals surface area contributed by atoms with Crippen LogP contribution >= 0.6 is 11.6 Å². The quantitative estimate of drug-likeness (QED) is 0.749. The minimum absolute atomic E-state index is 0.300. The highest BCUT2D eigenvalue weighted by molar-refractivity contribution is 6.31. The average molecular weight is 349 g/mol. The molecule has 128 valence electrons. The maximum Gasteiger partial charge on any atom is 0.274 e. The highest BCUT2D eigenvalue weighted by Crippen LogP contribution is 2.20. The Labute approximate surface area is 146 Å². The molecule has 2 N–H and O–H groups in total. The van der Waals surface area contributed by atoms with Gasteiger partial charge in [0.2, 0.25) is 5.95 Å². The first-order valence-electron chi connectivity index (χ1n) is 7.65. The normalized spacial score (nSPS) is 10.5. The molecule has 0 aliphatic carbocycles. The lowest BCUT2D eigenvalue weighted by Gasteiger charge is -2.10. The van der Waals surface area contributed by atoms with Gasteiger partial charge in [0.1, 0.15) is 5.69 Å². The predicted molar refractivity (Wildman–Crippen MR) is 95.9 cm³/mol. The summed E-state index contributed by atoms with van der Waals surface area (Å²) >= 11 is 5.98. The van der Waals surface area contributed by atoms with Crippen molar-refractivity contribution in [2.24, 2.45) is 0 Å². The van der Waals surface area contributed by atoms with Crippen LogP contribution in [-0.4, -0.2) is 36.1 Å². The molecule has 0 spiro atoms. The van der Waals surface area contributed by atoms with Crippen molar-refractivity contribution in [2.45, 2.75) is 20.3 Å². The molecular weight excluding hydrogens is 328 g/mol. The second-order valence-corrected chi connectivity index (χ2v) is 5.84. The number of benzene rings is 1. The summed E-state index contributed by atoms with van der Waals surface area (Å²) < 4.78 is 5.00. The first kappa shape index (κ1) is 18.2. The van der Waals surface area contributed by atoms with E-state index in [1.165, 1.54) is 0 Å². The van der Waals surface area contributed by atoms with Gasteiger partial charge in [0.05, 0.1) is 0 Å². The third-order valence-electron chi connectivity index (χ3n) is 3.34. The van der Waals surface area contributed by atoms with E-state index in [0.717, 1.165) is 12.0 Å². The average Bonchev–Trinajstić information content (AvgIpc) is 2.54. The highest BCUT2D eigenvalue weighted by Gasteiger charge is 2.12. The van der Waals surface area contributed by atoms with Gasteiger partial charge >= 0.3 is 0 Å². The van der Waals surface area contributed by atoms with Gasteiger partial charge in [0, 0.05) is 36.7 Å². The predicted octanol–water partition coefficient (Wildman–Crippen LogP) is 3.45. The molecule has 0 unspecified atom stereocenters. The van der Waals surface area contributed by atoms with E-state index < -0.39 is 0 Å². The lowest BCUT2D eigenvalue weighted by molar-refractivity contribution is 0.102. The zero-order valence-electron chi connectivity index (χ0n) is 14.0. The first-order valence-corrected chi connectivity index (χ1v) is 8.03. The third-order valence-corrected chi connectivity index (χ3v) is 3.58. The maximum atomic E-state index is 12.5. The van der Waals surface area contributed by atoms with Gasteiger partial charge < -0.3 is 15.4 Å². The van der Waals surface area contributed by atoms with Gasteiger partial charge in [0.15, 0.2) is 0 Å². The minimum Gasteiger partial charge on any atom is -0.385 e. The van der Waals surface area contributed by atoms with Crippen molar-refractivity contribution in [3.63, 3.8) is 0 Å². The fourth-order valence-corrected chi connectivity index (χ4v) is 2.27. The van der Waals surface area contributed by atoms with Crippen LogP contribution in [-0.2, 0) is 4.74 Å². The van der Waals surface area contributed by atoms with E-state index in [2.05, 4.69) is 20.6 Å². The van der Waals surface area contributed by atoms with Crippen molar-refractivity contribution in [1.29, 1.82) is 0 Å². The summed E-state index contributed by atoms with van der Waals surface area (Å²) in [6.45, 7) is 5.05. The van der Waals surface area contributed by atoms with E-state index >= 15 is 0 Å². The van der Waals surface area contributed by atoms with Crippen molar-refractivity contribution in [3.8, 4) is 0 Å². The number of halogens is 1.